The van der Waals surface area contributed by atoms with Crippen molar-refractivity contribution in [3.8, 4) is 5.69 Å². The van der Waals surface area contributed by atoms with Crippen LogP contribution < -0.4 is 0 Å². The van der Waals surface area contributed by atoms with Crippen LogP contribution in [-0.4, -0.2) is 15.4 Å². The van der Waals surface area contributed by atoms with Crippen LogP contribution in [0, 0.1) is 12.7 Å². The number of aryl methyl sites for hydroxylation is 2. The first-order valence-corrected chi connectivity index (χ1v) is 7.03. The molecule has 0 unspecified atom stereocenters. The van der Waals surface area contributed by atoms with E-state index in [2.05, 4.69) is 9.55 Å². The number of hydrogen-bond donors (Lipinski definition) is 0. The maximum absolute atomic E-state index is 13.3. The third kappa shape index (κ3) is 2.18. The van der Waals surface area contributed by atoms with Crippen LogP contribution in [0.3, 0.4) is 0 Å². The minimum absolute atomic E-state index is 0.227. The number of rotatable bonds is 3. The molecule has 1 heterocycles. The van der Waals surface area contributed by atoms with E-state index in [4.69, 9.17) is 11.6 Å². The van der Waals surface area contributed by atoms with Crippen molar-refractivity contribution in [2.45, 2.75) is 13.3 Å². The third-order valence-corrected chi connectivity index (χ3v) is 3.54. The molecule has 3 aromatic rings. The zero-order valence-corrected chi connectivity index (χ0v) is 11.9. The van der Waals surface area contributed by atoms with Gasteiger partial charge >= 0.3 is 0 Å². The average molecular weight is 289 g/mol. The number of halogens is 2. The Bertz CT molecular complexity index is 764. The zero-order valence-electron chi connectivity index (χ0n) is 11.1. The van der Waals surface area contributed by atoms with Crippen molar-refractivity contribution in [1.82, 2.24) is 9.55 Å². The first-order valence-electron chi connectivity index (χ1n) is 6.49. The molecule has 20 heavy (non-hydrogen) atoms. The largest absolute Gasteiger partial charge is 0.296 e. The summed E-state index contributed by atoms with van der Waals surface area (Å²) in [5.41, 5.74) is 3.77. The van der Waals surface area contributed by atoms with Gasteiger partial charge in [-0.2, -0.15) is 0 Å². The number of benzene rings is 2. The van der Waals surface area contributed by atoms with Crippen molar-refractivity contribution in [1.29, 1.82) is 0 Å². The Morgan fingerprint density at radius 1 is 1.20 bits per heavy atom. The van der Waals surface area contributed by atoms with Gasteiger partial charge in [0.05, 0.1) is 16.7 Å². The van der Waals surface area contributed by atoms with Crippen LogP contribution in [0.4, 0.5) is 4.39 Å². The highest BCUT2D eigenvalue weighted by atomic mass is 35.5. The molecule has 2 aromatic carbocycles. The van der Waals surface area contributed by atoms with Crippen molar-refractivity contribution >= 4 is 22.6 Å². The summed E-state index contributed by atoms with van der Waals surface area (Å²) < 4.78 is 15.4. The normalized spacial score (nSPS) is 11.2. The summed E-state index contributed by atoms with van der Waals surface area (Å²) in [6, 6.07) is 12.7. The lowest BCUT2D eigenvalue weighted by atomic mass is 10.2. The lowest BCUT2D eigenvalue weighted by molar-refractivity contribution is 0.626. The lowest BCUT2D eigenvalue weighted by Gasteiger charge is -2.11. The first-order chi connectivity index (χ1) is 9.70. The van der Waals surface area contributed by atoms with E-state index < -0.39 is 0 Å². The predicted molar refractivity (Wildman–Crippen MR) is 80.2 cm³/mol. The van der Waals surface area contributed by atoms with Gasteiger partial charge in [0.15, 0.2) is 0 Å². The van der Waals surface area contributed by atoms with Gasteiger partial charge in [0.2, 0.25) is 0 Å². The molecule has 0 aliphatic carbocycles. The summed E-state index contributed by atoms with van der Waals surface area (Å²) in [6.07, 6.45) is 0.674. The topological polar surface area (TPSA) is 17.8 Å². The monoisotopic (exact) mass is 288 g/mol. The summed E-state index contributed by atoms with van der Waals surface area (Å²) >= 11 is 5.87. The molecule has 0 amide bonds. The van der Waals surface area contributed by atoms with Crippen LogP contribution in [0.25, 0.3) is 16.7 Å². The van der Waals surface area contributed by atoms with Crippen molar-refractivity contribution < 1.29 is 4.39 Å². The Morgan fingerprint density at radius 3 is 2.75 bits per heavy atom. The van der Waals surface area contributed by atoms with Gasteiger partial charge in [-0.25, -0.2) is 9.37 Å². The maximum atomic E-state index is 13.3. The van der Waals surface area contributed by atoms with Crippen LogP contribution in [0.15, 0.2) is 42.5 Å². The predicted octanol–water partition coefficient (Wildman–Crippen LogP) is 4.25. The van der Waals surface area contributed by atoms with Gasteiger partial charge in [-0.05, 0) is 42.8 Å². The molecule has 1 aromatic heterocycles. The van der Waals surface area contributed by atoms with Crippen molar-refractivity contribution in [3.05, 3.63) is 59.7 Å². The number of alkyl halides is 1. The van der Waals surface area contributed by atoms with E-state index in [1.165, 1.54) is 12.1 Å². The fourth-order valence-corrected chi connectivity index (χ4v) is 2.64. The molecule has 3 rings (SSSR count). The van der Waals surface area contributed by atoms with Gasteiger partial charge in [-0.15, -0.1) is 11.6 Å². The Kier molecular flexibility index (Phi) is 3.45. The number of hydrogen-bond acceptors (Lipinski definition) is 1. The highest BCUT2D eigenvalue weighted by Gasteiger charge is 2.13. The Labute approximate surface area is 121 Å². The molecule has 0 saturated heterocycles. The highest BCUT2D eigenvalue weighted by Crippen LogP contribution is 2.24. The van der Waals surface area contributed by atoms with Gasteiger partial charge < -0.3 is 0 Å². The summed E-state index contributed by atoms with van der Waals surface area (Å²) in [4.78, 5) is 4.63. The van der Waals surface area contributed by atoms with E-state index in [0.717, 1.165) is 28.1 Å². The Balaban J connectivity index is 2.30. The van der Waals surface area contributed by atoms with E-state index in [0.29, 0.717) is 12.3 Å². The van der Waals surface area contributed by atoms with Crippen molar-refractivity contribution in [2.75, 3.05) is 5.88 Å². The molecule has 4 heteroatoms. The smallest absolute Gasteiger partial charge is 0.123 e. The second-order valence-electron chi connectivity index (χ2n) is 4.72. The van der Waals surface area contributed by atoms with Crippen LogP contribution in [-0.2, 0) is 6.42 Å². The van der Waals surface area contributed by atoms with Crippen molar-refractivity contribution in [2.24, 2.45) is 0 Å². The molecule has 0 saturated carbocycles. The average Bonchev–Trinajstić information content (AvgIpc) is 2.78. The number of aromatic nitrogens is 2. The number of imidazole rings is 1. The van der Waals surface area contributed by atoms with E-state index in [9.17, 15) is 4.39 Å². The molecule has 0 radical (unpaired) electrons. The van der Waals surface area contributed by atoms with E-state index >= 15 is 0 Å². The third-order valence-electron chi connectivity index (χ3n) is 3.35. The molecule has 102 valence electrons. The zero-order chi connectivity index (χ0) is 14.1. The van der Waals surface area contributed by atoms with Crippen LogP contribution >= 0.6 is 11.6 Å². The molecule has 0 aliphatic rings. The highest BCUT2D eigenvalue weighted by molar-refractivity contribution is 6.17. The quantitative estimate of drug-likeness (QED) is 0.659. The Morgan fingerprint density at radius 2 is 2.00 bits per heavy atom. The van der Waals surface area contributed by atoms with Crippen molar-refractivity contribution in [3.63, 3.8) is 0 Å². The lowest BCUT2D eigenvalue weighted by Crippen LogP contribution is -2.04. The Hall–Kier alpha value is -1.87. The summed E-state index contributed by atoms with van der Waals surface area (Å²) in [5, 5.41) is 0. The SMILES string of the molecule is Cc1cc(F)ccc1-n1c(CCCl)nc2ccccc21. The van der Waals surface area contributed by atoms with Crippen LogP contribution in [0.1, 0.15) is 11.4 Å². The minimum atomic E-state index is -0.227. The molecular formula is C16H14ClFN2. The summed E-state index contributed by atoms with van der Waals surface area (Å²) in [7, 11) is 0. The van der Waals surface area contributed by atoms with Gasteiger partial charge in [-0.1, -0.05) is 12.1 Å². The molecule has 0 bridgehead atoms. The number of nitrogens with zero attached hydrogens (tertiary/aromatic N) is 2. The summed E-state index contributed by atoms with van der Waals surface area (Å²) in [5.74, 6) is 1.18. The maximum Gasteiger partial charge on any atom is 0.123 e. The van der Waals surface area contributed by atoms with Crippen LogP contribution in [0.2, 0.25) is 0 Å². The number of fused-ring (bicyclic) bond motifs is 1. The van der Waals surface area contributed by atoms with Gasteiger partial charge in [0, 0.05) is 12.3 Å². The second-order valence-corrected chi connectivity index (χ2v) is 5.10. The van der Waals surface area contributed by atoms with E-state index in [1.54, 1.807) is 6.07 Å². The molecule has 0 atom stereocenters. The molecule has 0 N–H and O–H groups in total. The second kappa shape index (κ2) is 5.25. The fourth-order valence-electron chi connectivity index (χ4n) is 2.47. The van der Waals surface area contributed by atoms with E-state index in [1.807, 2.05) is 31.2 Å². The van der Waals surface area contributed by atoms with Gasteiger partial charge in [0.25, 0.3) is 0 Å². The molecule has 0 spiro atoms. The van der Waals surface area contributed by atoms with E-state index in [-0.39, 0.29) is 5.82 Å². The number of para-hydroxylation sites is 2. The van der Waals surface area contributed by atoms with Gasteiger partial charge in [-0.3, -0.25) is 4.57 Å². The minimum Gasteiger partial charge on any atom is -0.296 e. The summed E-state index contributed by atoms with van der Waals surface area (Å²) in [6.45, 7) is 1.90. The molecule has 2 nitrogen and oxygen atoms in total. The molecule has 0 aliphatic heterocycles. The van der Waals surface area contributed by atoms with Crippen LogP contribution in [0.5, 0.6) is 0 Å². The standard InChI is InChI=1S/C16H14ClFN2/c1-11-10-12(18)6-7-14(11)20-15-5-3-2-4-13(15)19-16(20)8-9-17/h2-7,10H,8-9H2,1H3. The first kappa shape index (κ1) is 13.1. The van der Waals surface area contributed by atoms with Gasteiger partial charge in [0.1, 0.15) is 11.6 Å². The molecule has 0 fully saturated rings. The fraction of sp³-hybridized carbons (Fsp3) is 0.188. The molecular weight excluding hydrogens is 275 g/mol.